The Bertz CT molecular complexity index is 1110. The summed E-state index contributed by atoms with van der Waals surface area (Å²) in [5, 5.41) is 35.2. The largest absolute Gasteiger partial charge is 0.457 e. The molecule has 268 valence electrons. The van der Waals surface area contributed by atoms with Gasteiger partial charge in [0.2, 0.25) is 0 Å². The number of amides is 1. The molecule has 0 spiro atoms. The zero-order valence-electron chi connectivity index (χ0n) is 29.9. The minimum absolute atomic E-state index is 0.00498. The fourth-order valence-electron chi connectivity index (χ4n) is 7.05. The maximum absolute atomic E-state index is 13.4. The van der Waals surface area contributed by atoms with Gasteiger partial charge in [0.15, 0.2) is 0 Å². The molecule has 10 nitrogen and oxygen atoms in total. The highest BCUT2D eigenvalue weighted by molar-refractivity contribution is 5.70. The average Bonchev–Trinajstić information content (AvgIpc) is 3.80. The zero-order valence-corrected chi connectivity index (χ0v) is 29.9. The molecular weight excluding hydrogens is 600 g/mol. The van der Waals surface area contributed by atoms with Crippen LogP contribution in [0, 0.1) is 17.8 Å². The van der Waals surface area contributed by atoms with Crippen LogP contribution in [0.15, 0.2) is 36.0 Å². The summed E-state index contributed by atoms with van der Waals surface area (Å²) in [7, 11) is 3.74. The van der Waals surface area contributed by atoms with Crippen LogP contribution in [0.3, 0.4) is 0 Å². The van der Waals surface area contributed by atoms with Gasteiger partial charge in [-0.3, -0.25) is 4.79 Å². The number of carbonyl (C=O) groups is 2. The second-order valence-electron chi connectivity index (χ2n) is 14.6. The van der Waals surface area contributed by atoms with Crippen LogP contribution >= 0.6 is 0 Å². The van der Waals surface area contributed by atoms with Gasteiger partial charge in [-0.25, -0.2) is 4.79 Å². The third-order valence-electron chi connectivity index (χ3n) is 10.4. The number of rotatable bonds is 11. The molecule has 0 aromatic heterocycles. The molecule has 12 atom stereocenters. The molecule has 10 heteroatoms. The predicted octanol–water partition coefficient (Wildman–Crippen LogP) is 5.06. The first kappa shape index (κ1) is 39.2. The van der Waals surface area contributed by atoms with Gasteiger partial charge in [0, 0.05) is 37.4 Å². The van der Waals surface area contributed by atoms with E-state index in [1.807, 2.05) is 59.9 Å². The molecule has 0 aromatic rings. The Kier molecular flexibility index (Phi) is 15.0. The molecule has 2 fully saturated rings. The smallest absolute Gasteiger partial charge is 0.410 e. The molecular formula is C37H62N2O8. The number of ether oxygens (including phenoxy) is 3. The zero-order chi connectivity index (χ0) is 34.9. The Morgan fingerprint density at radius 1 is 1.21 bits per heavy atom. The Hall–Kier alpha value is -2.24. The van der Waals surface area contributed by atoms with Gasteiger partial charge in [-0.1, -0.05) is 64.8 Å². The van der Waals surface area contributed by atoms with Crippen molar-refractivity contribution in [2.75, 3.05) is 14.1 Å². The molecule has 2 heterocycles. The lowest BCUT2D eigenvalue weighted by atomic mass is 9.89. The topological polar surface area (TPSA) is 141 Å². The number of epoxide rings is 1. The lowest BCUT2D eigenvalue weighted by Gasteiger charge is -2.38. The first-order valence-corrected chi connectivity index (χ1v) is 17.8. The first-order valence-electron chi connectivity index (χ1n) is 17.8. The van der Waals surface area contributed by atoms with Gasteiger partial charge in [-0.2, -0.15) is 0 Å². The summed E-state index contributed by atoms with van der Waals surface area (Å²) in [5.41, 5.74) is -0.358. The van der Waals surface area contributed by atoms with E-state index in [2.05, 4.69) is 5.32 Å². The SMILES string of the molecule is CCC(O)C(C)C1OC1CC(C)(O)/C=C/C=C(\C)C1OC(=O)CC(O)CCC(C)C(OC(=O)N(C)C2CCCCC2NC)/C=C/C1C. The van der Waals surface area contributed by atoms with Crippen LogP contribution in [0.4, 0.5) is 4.79 Å². The number of hydrogen-bond donors (Lipinski definition) is 4. The molecule has 4 N–H and O–H groups in total. The van der Waals surface area contributed by atoms with Gasteiger partial charge < -0.3 is 39.7 Å². The van der Waals surface area contributed by atoms with Crippen molar-refractivity contribution in [3.8, 4) is 0 Å². The Morgan fingerprint density at radius 2 is 1.91 bits per heavy atom. The van der Waals surface area contributed by atoms with Crippen LogP contribution in [0.5, 0.6) is 0 Å². The molecule has 2 aliphatic heterocycles. The third-order valence-corrected chi connectivity index (χ3v) is 10.4. The molecule has 1 saturated carbocycles. The molecule has 1 saturated heterocycles. The summed E-state index contributed by atoms with van der Waals surface area (Å²) < 4.78 is 17.8. The molecule has 3 aliphatic rings. The Labute approximate surface area is 282 Å². The highest BCUT2D eigenvalue weighted by Crippen LogP contribution is 2.37. The molecule has 0 radical (unpaired) electrons. The minimum atomic E-state index is -1.13. The highest BCUT2D eigenvalue weighted by atomic mass is 16.6. The highest BCUT2D eigenvalue weighted by Gasteiger charge is 2.47. The summed E-state index contributed by atoms with van der Waals surface area (Å²) in [6.07, 6.45) is 12.2. The molecule has 47 heavy (non-hydrogen) atoms. The van der Waals surface area contributed by atoms with Crippen LogP contribution in [-0.2, 0) is 19.0 Å². The fraction of sp³-hybridized carbons (Fsp3) is 0.784. The van der Waals surface area contributed by atoms with Crippen LogP contribution in [0.1, 0.15) is 99.3 Å². The number of cyclic esters (lactones) is 1. The standard InChI is InChI=1S/C37H62N2O8/c1-9-30(41)26(5)35-32(45-35)22-37(6,44)20-12-13-24(3)34-25(4)17-19-31(23(2)16-18-27(40)21-33(42)47-34)46-36(43)39(8)29-15-11-10-14-28(29)38-7/h12-13,17,19-20,23,25-32,34-35,38,40-41,44H,9-11,14-16,18,21-22H2,1-8H3/b19-17+,20-12+,24-13+. The lowest BCUT2D eigenvalue weighted by molar-refractivity contribution is -0.151. The van der Waals surface area contributed by atoms with Crippen molar-refractivity contribution in [1.82, 2.24) is 10.2 Å². The summed E-state index contributed by atoms with van der Waals surface area (Å²) in [6, 6.07) is 0.292. The van der Waals surface area contributed by atoms with Crippen molar-refractivity contribution in [3.05, 3.63) is 36.0 Å². The Balaban J connectivity index is 1.73. The maximum Gasteiger partial charge on any atom is 0.410 e. The van der Waals surface area contributed by atoms with Crippen LogP contribution in [0.2, 0.25) is 0 Å². The van der Waals surface area contributed by atoms with Gasteiger partial charge in [0.05, 0.1) is 36.4 Å². The van der Waals surface area contributed by atoms with Gasteiger partial charge >= 0.3 is 12.1 Å². The van der Waals surface area contributed by atoms with Crippen LogP contribution < -0.4 is 5.32 Å². The van der Waals surface area contributed by atoms with Gasteiger partial charge in [0.1, 0.15) is 12.2 Å². The molecule has 0 bridgehead atoms. The Morgan fingerprint density at radius 3 is 2.60 bits per heavy atom. The van der Waals surface area contributed by atoms with Crippen LogP contribution in [-0.4, -0.2) is 101 Å². The third kappa shape index (κ3) is 11.7. The van der Waals surface area contributed by atoms with Crippen molar-refractivity contribution in [2.45, 2.75) is 154 Å². The van der Waals surface area contributed by atoms with E-state index >= 15 is 0 Å². The minimum Gasteiger partial charge on any atom is -0.457 e. The number of hydrogen-bond acceptors (Lipinski definition) is 9. The normalized spacial score (nSPS) is 35.9. The summed E-state index contributed by atoms with van der Waals surface area (Å²) in [6.45, 7) is 11.4. The molecule has 1 aliphatic carbocycles. The summed E-state index contributed by atoms with van der Waals surface area (Å²) in [5.74, 6) is -0.802. The monoisotopic (exact) mass is 662 g/mol. The van der Waals surface area contributed by atoms with Gasteiger partial charge in [-0.05, 0) is 70.6 Å². The molecule has 1 amide bonds. The number of aliphatic hydroxyl groups excluding tert-OH is 2. The number of esters is 1. The lowest BCUT2D eigenvalue weighted by Crippen LogP contribution is -2.52. The van der Waals surface area contributed by atoms with Crippen molar-refractivity contribution in [1.29, 1.82) is 0 Å². The van der Waals surface area contributed by atoms with Gasteiger partial charge in [-0.15, -0.1) is 0 Å². The van der Waals surface area contributed by atoms with E-state index in [4.69, 9.17) is 14.2 Å². The van der Waals surface area contributed by atoms with E-state index in [-0.39, 0.29) is 54.6 Å². The molecule has 0 aromatic carbocycles. The quantitative estimate of drug-likeness (QED) is 0.103. The predicted molar refractivity (Wildman–Crippen MR) is 183 cm³/mol. The van der Waals surface area contributed by atoms with E-state index in [9.17, 15) is 24.9 Å². The van der Waals surface area contributed by atoms with Crippen molar-refractivity contribution in [3.63, 3.8) is 0 Å². The van der Waals surface area contributed by atoms with E-state index in [0.717, 1.165) is 31.3 Å². The number of aliphatic hydroxyl groups is 3. The second-order valence-corrected chi connectivity index (χ2v) is 14.6. The number of carbonyl (C=O) groups excluding carboxylic acids is 2. The average molecular weight is 663 g/mol. The molecule has 12 unspecified atom stereocenters. The van der Waals surface area contributed by atoms with Crippen LogP contribution in [0.25, 0.3) is 0 Å². The van der Waals surface area contributed by atoms with Crippen molar-refractivity contribution >= 4 is 12.1 Å². The first-order chi connectivity index (χ1) is 22.2. The van der Waals surface area contributed by atoms with E-state index in [1.54, 1.807) is 31.0 Å². The number of likely N-dealkylation sites (N-methyl/N-ethyl adjacent to an activating group) is 2. The fourth-order valence-corrected chi connectivity index (χ4v) is 7.05. The second kappa shape index (κ2) is 18.0. The van der Waals surface area contributed by atoms with Crippen molar-refractivity contribution < 1.29 is 39.1 Å². The molecule has 3 rings (SSSR count). The summed E-state index contributed by atoms with van der Waals surface area (Å²) >= 11 is 0. The van der Waals surface area contributed by atoms with E-state index in [0.29, 0.717) is 25.7 Å². The van der Waals surface area contributed by atoms with E-state index < -0.39 is 36.0 Å². The van der Waals surface area contributed by atoms with Crippen molar-refractivity contribution in [2.24, 2.45) is 17.8 Å². The summed E-state index contributed by atoms with van der Waals surface area (Å²) in [4.78, 5) is 28.0. The maximum atomic E-state index is 13.4. The number of nitrogens with zero attached hydrogens (tertiary/aromatic N) is 1. The number of allylic oxidation sites excluding steroid dienone is 2. The van der Waals surface area contributed by atoms with E-state index in [1.165, 1.54) is 0 Å². The number of nitrogens with one attached hydrogen (secondary N) is 1. The van der Waals surface area contributed by atoms with Gasteiger partial charge in [0.25, 0.3) is 0 Å².